The molecule has 0 aromatic heterocycles. The molecule has 2 N–H and O–H groups in total. The molecule has 1 heterocycles. The lowest BCUT2D eigenvalue weighted by Gasteiger charge is -2.33. The minimum Gasteiger partial charge on any atom is -0.354 e. The molecule has 10 heteroatoms. The van der Waals surface area contributed by atoms with Crippen molar-refractivity contribution in [3.05, 3.63) is 35.4 Å². The Morgan fingerprint density at radius 3 is 2.53 bits per heavy atom. The summed E-state index contributed by atoms with van der Waals surface area (Å²) in [5, 5.41) is 6.38. The number of carbonyl (C=O) groups excluding carboxylic acids is 1. The highest BCUT2D eigenvalue weighted by atomic mass is 127. The molecule has 32 heavy (non-hydrogen) atoms. The molecule has 0 spiro atoms. The van der Waals surface area contributed by atoms with Crippen molar-refractivity contribution in [3.63, 3.8) is 0 Å². The standard InChI is InChI=1S/C22H34F3N5O.HI/c1-4-5-11-30-12-9-19(10-13-30)28-21(27-16-20(31)29(2)3)26-15-17-7-6-8-18(14-17)22(23,24)25;/h6-8,14,19H,4-5,9-13,15-16H2,1-3H3,(H2,26,27,28);1H. The van der Waals surface area contributed by atoms with Crippen LogP contribution in [0.2, 0.25) is 0 Å². The summed E-state index contributed by atoms with van der Waals surface area (Å²) in [6.45, 7) is 5.43. The first kappa shape index (κ1) is 28.5. The van der Waals surface area contributed by atoms with Gasteiger partial charge >= 0.3 is 6.18 Å². The van der Waals surface area contributed by atoms with Crippen molar-refractivity contribution in [1.82, 2.24) is 20.4 Å². The van der Waals surface area contributed by atoms with Gasteiger partial charge in [-0.15, -0.1) is 24.0 Å². The summed E-state index contributed by atoms with van der Waals surface area (Å²) in [5.41, 5.74) is -0.228. The van der Waals surface area contributed by atoms with Crippen molar-refractivity contribution < 1.29 is 18.0 Å². The number of aliphatic imine (C=N–C) groups is 1. The number of carbonyl (C=O) groups is 1. The number of rotatable bonds is 8. The number of likely N-dealkylation sites (tertiary alicyclic amines) is 1. The Bertz CT molecular complexity index is 735. The molecule has 0 unspecified atom stereocenters. The largest absolute Gasteiger partial charge is 0.416 e. The number of alkyl halides is 3. The fourth-order valence-corrected chi connectivity index (χ4v) is 3.36. The molecule has 1 aliphatic heterocycles. The molecule has 1 amide bonds. The predicted molar refractivity (Wildman–Crippen MR) is 132 cm³/mol. The van der Waals surface area contributed by atoms with Crippen molar-refractivity contribution >= 4 is 35.8 Å². The van der Waals surface area contributed by atoms with E-state index < -0.39 is 11.7 Å². The molecule has 1 aliphatic rings. The van der Waals surface area contributed by atoms with E-state index in [0.29, 0.717) is 11.5 Å². The number of likely N-dealkylation sites (N-methyl/N-ethyl adjacent to an activating group) is 1. The minimum atomic E-state index is -4.39. The maximum Gasteiger partial charge on any atom is 0.416 e. The molecule has 0 radical (unpaired) electrons. The highest BCUT2D eigenvalue weighted by molar-refractivity contribution is 14.0. The number of benzene rings is 1. The molecule has 6 nitrogen and oxygen atoms in total. The highest BCUT2D eigenvalue weighted by Crippen LogP contribution is 2.29. The number of hydrogen-bond donors (Lipinski definition) is 2. The Morgan fingerprint density at radius 1 is 1.25 bits per heavy atom. The summed E-state index contributed by atoms with van der Waals surface area (Å²) in [6.07, 6.45) is -0.113. The molecule has 1 aromatic rings. The molecule has 2 rings (SSSR count). The van der Waals surface area contributed by atoms with Crippen molar-refractivity contribution in [2.45, 2.75) is 51.4 Å². The monoisotopic (exact) mass is 569 g/mol. The number of unbranched alkanes of at least 4 members (excludes halogenated alkanes) is 1. The third kappa shape index (κ3) is 9.93. The third-order valence-electron chi connectivity index (χ3n) is 5.34. The van der Waals surface area contributed by atoms with Gasteiger partial charge in [0, 0.05) is 33.2 Å². The van der Waals surface area contributed by atoms with Gasteiger partial charge < -0.3 is 20.4 Å². The summed E-state index contributed by atoms with van der Waals surface area (Å²) in [6, 6.07) is 5.37. The van der Waals surface area contributed by atoms with E-state index in [2.05, 4.69) is 27.4 Å². The van der Waals surface area contributed by atoms with Gasteiger partial charge in [-0.25, -0.2) is 4.99 Å². The van der Waals surface area contributed by atoms with Gasteiger partial charge in [0.25, 0.3) is 0 Å². The topological polar surface area (TPSA) is 60.0 Å². The van der Waals surface area contributed by atoms with E-state index in [0.717, 1.165) is 44.6 Å². The summed E-state index contributed by atoms with van der Waals surface area (Å²) in [7, 11) is 3.34. The summed E-state index contributed by atoms with van der Waals surface area (Å²) >= 11 is 0. The Labute approximate surface area is 206 Å². The van der Waals surface area contributed by atoms with Crippen LogP contribution < -0.4 is 10.6 Å². The lowest BCUT2D eigenvalue weighted by molar-refractivity contribution is -0.137. The average molecular weight is 569 g/mol. The van der Waals surface area contributed by atoms with E-state index in [1.54, 1.807) is 20.2 Å². The molecular weight excluding hydrogens is 534 g/mol. The van der Waals surface area contributed by atoms with Gasteiger partial charge in [0.15, 0.2) is 5.96 Å². The second-order valence-corrected chi connectivity index (χ2v) is 8.12. The van der Waals surface area contributed by atoms with Crippen LogP contribution >= 0.6 is 24.0 Å². The van der Waals surface area contributed by atoms with E-state index in [1.165, 1.54) is 23.8 Å². The fraction of sp³-hybridized carbons (Fsp3) is 0.636. The fourth-order valence-electron chi connectivity index (χ4n) is 3.36. The number of guanidine groups is 1. The van der Waals surface area contributed by atoms with Crippen LogP contribution in [0.3, 0.4) is 0 Å². The third-order valence-corrected chi connectivity index (χ3v) is 5.34. The highest BCUT2D eigenvalue weighted by Gasteiger charge is 2.30. The average Bonchev–Trinajstić information content (AvgIpc) is 2.74. The number of piperidine rings is 1. The van der Waals surface area contributed by atoms with Gasteiger partial charge in [-0.1, -0.05) is 25.5 Å². The minimum absolute atomic E-state index is 0. The Morgan fingerprint density at radius 2 is 1.94 bits per heavy atom. The zero-order valence-corrected chi connectivity index (χ0v) is 21.4. The summed E-state index contributed by atoms with van der Waals surface area (Å²) in [4.78, 5) is 20.3. The number of halogens is 4. The van der Waals surface area contributed by atoms with E-state index >= 15 is 0 Å². The lowest BCUT2D eigenvalue weighted by atomic mass is 10.0. The van der Waals surface area contributed by atoms with Gasteiger partial charge in [-0.2, -0.15) is 13.2 Å². The van der Waals surface area contributed by atoms with Crippen LogP contribution in [0.4, 0.5) is 13.2 Å². The van der Waals surface area contributed by atoms with Gasteiger partial charge in [0.1, 0.15) is 0 Å². The Kier molecular flexibility index (Phi) is 12.3. The van der Waals surface area contributed by atoms with Crippen LogP contribution in [-0.2, 0) is 17.5 Å². The second-order valence-electron chi connectivity index (χ2n) is 8.12. The van der Waals surface area contributed by atoms with Crippen LogP contribution in [0.5, 0.6) is 0 Å². The smallest absolute Gasteiger partial charge is 0.354 e. The first-order valence-corrected chi connectivity index (χ1v) is 10.8. The van der Waals surface area contributed by atoms with Gasteiger partial charge in [0.2, 0.25) is 5.91 Å². The quantitative estimate of drug-likeness (QED) is 0.285. The summed E-state index contributed by atoms with van der Waals surface area (Å²) < 4.78 is 38.9. The normalized spacial score (nSPS) is 15.8. The number of amides is 1. The number of nitrogens with zero attached hydrogens (tertiary/aromatic N) is 3. The maximum atomic E-state index is 13.0. The van der Waals surface area contributed by atoms with Crippen molar-refractivity contribution in [2.75, 3.05) is 40.3 Å². The van der Waals surface area contributed by atoms with E-state index in [9.17, 15) is 18.0 Å². The molecular formula is C22H35F3IN5O. The van der Waals surface area contributed by atoms with Crippen LogP contribution in [0.25, 0.3) is 0 Å². The molecule has 182 valence electrons. The van der Waals surface area contributed by atoms with Crippen molar-refractivity contribution in [2.24, 2.45) is 4.99 Å². The van der Waals surface area contributed by atoms with Gasteiger partial charge in [0.05, 0.1) is 18.7 Å². The number of hydrogen-bond acceptors (Lipinski definition) is 3. The molecule has 0 saturated carbocycles. The summed E-state index contributed by atoms with van der Waals surface area (Å²) in [5.74, 6) is 0.336. The Balaban J connectivity index is 0.00000512. The first-order chi connectivity index (χ1) is 14.7. The molecule has 0 bridgehead atoms. The van der Waals surface area contributed by atoms with Gasteiger partial charge in [-0.05, 0) is 43.5 Å². The zero-order valence-electron chi connectivity index (χ0n) is 19.0. The molecule has 1 fully saturated rings. The lowest BCUT2D eigenvalue weighted by Crippen LogP contribution is -2.50. The van der Waals surface area contributed by atoms with Crippen LogP contribution in [0.1, 0.15) is 43.7 Å². The first-order valence-electron chi connectivity index (χ1n) is 10.8. The molecule has 1 aromatic carbocycles. The molecule has 0 atom stereocenters. The van der Waals surface area contributed by atoms with E-state index in [4.69, 9.17) is 0 Å². The number of nitrogens with one attached hydrogen (secondary N) is 2. The van der Waals surface area contributed by atoms with Gasteiger partial charge in [-0.3, -0.25) is 4.79 Å². The van der Waals surface area contributed by atoms with E-state index in [1.807, 2.05) is 0 Å². The molecule has 0 aliphatic carbocycles. The second kappa shape index (κ2) is 13.9. The van der Waals surface area contributed by atoms with Crippen molar-refractivity contribution in [3.8, 4) is 0 Å². The SMILES string of the molecule is CCCCN1CCC(NC(=NCc2cccc(C(F)(F)F)c2)NCC(=O)N(C)C)CC1.I. The zero-order chi connectivity index (χ0) is 22.9. The Hall–Kier alpha value is -1.56. The van der Waals surface area contributed by atoms with E-state index in [-0.39, 0.29) is 49.0 Å². The van der Waals surface area contributed by atoms with Crippen LogP contribution in [0, 0.1) is 0 Å². The molecule has 1 saturated heterocycles. The van der Waals surface area contributed by atoms with Crippen LogP contribution in [0.15, 0.2) is 29.3 Å². The van der Waals surface area contributed by atoms with Crippen LogP contribution in [-0.4, -0.2) is 68.0 Å². The van der Waals surface area contributed by atoms with Crippen molar-refractivity contribution in [1.29, 1.82) is 0 Å². The predicted octanol–water partition coefficient (Wildman–Crippen LogP) is 3.71. The maximum absolute atomic E-state index is 13.0.